The van der Waals surface area contributed by atoms with E-state index in [1.807, 2.05) is 23.7 Å². The highest BCUT2D eigenvalue weighted by atomic mass is 35.5. The summed E-state index contributed by atoms with van der Waals surface area (Å²) < 4.78 is 2.04. The molecule has 7 heteroatoms. The molecule has 5 nitrogen and oxygen atoms in total. The topological polar surface area (TPSA) is 46.8 Å². The quantitative estimate of drug-likeness (QED) is 0.500. The number of nitrogens with zero attached hydrogens (tertiary/aromatic N) is 5. The summed E-state index contributed by atoms with van der Waals surface area (Å²) in [6.07, 6.45) is 4.67. The molecule has 0 bridgehead atoms. The smallest absolute Gasteiger partial charge is 0.158 e. The van der Waals surface area contributed by atoms with E-state index in [1.165, 1.54) is 25.7 Å². The molecular weight excluding hydrogens is 393 g/mol. The highest BCUT2D eigenvalue weighted by Crippen LogP contribution is 2.38. The lowest BCUT2D eigenvalue weighted by atomic mass is 10.0. The van der Waals surface area contributed by atoms with E-state index in [2.05, 4.69) is 18.7 Å². The van der Waals surface area contributed by atoms with Gasteiger partial charge in [-0.15, -0.1) is 0 Å². The van der Waals surface area contributed by atoms with Crippen molar-refractivity contribution in [2.24, 2.45) is 0 Å². The molecule has 0 atom stereocenters. The molecule has 0 unspecified atom stereocenters. The van der Waals surface area contributed by atoms with Crippen LogP contribution in [0.25, 0.3) is 22.3 Å². The van der Waals surface area contributed by atoms with Crippen molar-refractivity contribution < 1.29 is 0 Å². The van der Waals surface area contributed by atoms with Gasteiger partial charge in [0.2, 0.25) is 0 Å². The van der Waals surface area contributed by atoms with Crippen LogP contribution in [0.5, 0.6) is 0 Å². The number of aromatic nitrogens is 4. The maximum Gasteiger partial charge on any atom is 0.158 e. The van der Waals surface area contributed by atoms with Crippen molar-refractivity contribution in [3.63, 3.8) is 0 Å². The summed E-state index contributed by atoms with van der Waals surface area (Å²) in [6, 6.07) is 6.01. The molecule has 0 amide bonds. The van der Waals surface area contributed by atoms with Crippen LogP contribution in [-0.2, 0) is 6.54 Å². The van der Waals surface area contributed by atoms with Crippen molar-refractivity contribution in [3.05, 3.63) is 34.1 Å². The van der Waals surface area contributed by atoms with E-state index < -0.39 is 0 Å². The number of rotatable bonds is 6. The number of halogens is 2. The monoisotopic (exact) mass is 417 g/mol. The number of hydrogen-bond donors (Lipinski definition) is 0. The van der Waals surface area contributed by atoms with Crippen molar-refractivity contribution in [2.45, 2.75) is 59.0 Å². The molecule has 3 aromatic rings. The van der Waals surface area contributed by atoms with Crippen LogP contribution >= 0.6 is 23.2 Å². The van der Waals surface area contributed by atoms with Gasteiger partial charge in [0.25, 0.3) is 0 Å². The summed E-state index contributed by atoms with van der Waals surface area (Å²) in [5.41, 5.74) is 3.53. The van der Waals surface area contributed by atoms with E-state index in [0.717, 1.165) is 47.0 Å². The predicted octanol–water partition coefficient (Wildman–Crippen LogP) is 5.90. The molecule has 1 aliphatic rings. The summed E-state index contributed by atoms with van der Waals surface area (Å²) in [4.78, 5) is 12.1. The van der Waals surface area contributed by atoms with Gasteiger partial charge in [0.15, 0.2) is 5.82 Å². The molecule has 0 radical (unpaired) electrons. The van der Waals surface area contributed by atoms with Crippen LogP contribution in [0.15, 0.2) is 18.2 Å². The Morgan fingerprint density at radius 3 is 2.50 bits per heavy atom. The second-order valence-corrected chi connectivity index (χ2v) is 8.26. The number of aryl methyl sites for hydroxylation is 1. The lowest BCUT2D eigenvalue weighted by molar-refractivity contribution is 0.469. The molecule has 3 heterocycles. The minimum absolute atomic E-state index is 0.499. The normalized spacial score (nSPS) is 13.7. The Kier molecular flexibility index (Phi) is 5.48. The van der Waals surface area contributed by atoms with Gasteiger partial charge in [-0.05, 0) is 38.0 Å². The zero-order valence-corrected chi connectivity index (χ0v) is 18.1. The van der Waals surface area contributed by atoms with Gasteiger partial charge in [-0.3, -0.25) is 4.68 Å². The lowest BCUT2D eigenvalue weighted by Gasteiger charge is -2.35. The highest BCUT2D eigenvalue weighted by molar-refractivity contribution is 6.36. The maximum absolute atomic E-state index is 6.49. The van der Waals surface area contributed by atoms with Crippen LogP contribution in [0.2, 0.25) is 10.0 Å². The van der Waals surface area contributed by atoms with Crippen molar-refractivity contribution in [3.8, 4) is 11.3 Å². The zero-order valence-electron chi connectivity index (χ0n) is 16.5. The van der Waals surface area contributed by atoms with E-state index in [1.54, 1.807) is 6.07 Å². The Hall–Kier alpha value is -1.85. The minimum Gasteiger partial charge on any atom is -0.350 e. The second kappa shape index (κ2) is 7.88. The molecule has 0 saturated heterocycles. The summed E-state index contributed by atoms with van der Waals surface area (Å²) in [7, 11) is 0. The van der Waals surface area contributed by atoms with Gasteiger partial charge in [0.1, 0.15) is 22.6 Å². The molecule has 0 fully saturated rings. The maximum atomic E-state index is 6.49. The summed E-state index contributed by atoms with van der Waals surface area (Å²) in [6.45, 7) is 8.18. The molecule has 1 aromatic carbocycles. The number of hydrogen-bond acceptors (Lipinski definition) is 4. The van der Waals surface area contributed by atoms with E-state index in [-0.39, 0.29) is 0 Å². The molecule has 0 saturated carbocycles. The zero-order chi connectivity index (χ0) is 19.8. The predicted molar refractivity (Wildman–Crippen MR) is 116 cm³/mol. The van der Waals surface area contributed by atoms with Crippen LogP contribution < -0.4 is 4.90 Å². The van der Waals surface area contributed by atoms with Crippen LogP contribution in [0.1, 0.15) is 45.4 Å². The molecule has 148 valence electrons. The van der Waals surface area contributed by atoms with E-state index in [9.17, 15) is 0 Å². The first-order chi connectivity index (χ1) is 13.5. The highest BCUT2D eigenvalue weighted by Gasteiger charge is 2.30. The van der Waals surface area contributed by atoms with E-state index in [0.29, 0.717) is 16.1 Å². The van der Waals surface area contributed by atoms with Crippen LogP contribution in [0, 0.1) is 6.92 Å². The Morgan fingerprint density at radius 2 is 1.82 bits per heavy atom. The molecule has 28 heavy (non-hydrogen) atoms. The fraction of sp³-hybridized carbons (Fsp3) is 0.476. The van der Waals surface area contributed by atoms with E-state index >= 15 is 0 Å². The van der Waals surface area contributed by atoms with E-state index in [4.69, 9.17) is 38.3 Å². The summed E-state index contributed by atoms with van der Waals surface area (Å²) >= 11 is 12.6. The second-order valence-electron chi connectivity index (χ2n) is 7.41. The fourth-order valence-corrected chi connectivity index (χ4v) is 4.68. The molecule has 0 aliphatic carbocycles. The first-order valence-corrected chi connectivity index (χ1v) is 10.8. The summed E-state index contributed by atoms with van der Waals surface area (Å²) in [5, 5.41) is 6.07. The third kappa shape index (κ3) is 3.35. The van der Waals surface area contributed by atoms with Crippen LogP contribution in [0.3, 0.4) is 0 Å². The largest absolute Gasteiger partial charge is 0.350 e. The van der Waals surface area contributed by atoms with Gasteiger partial charge in [-0.25, -0.2) is 9.97 Å². The molecule has 4 rings (SSSR count). The van der Waals surface area contributed by atoms with Crippen molar-refractivity contribution in [1.29, 1.82) is 0 Å². The standard InChI is InChI=1S/C21H25Cl2N5/c1-4-6-15(7-5-2)27-10-11-28-20-19(24-13(3)25-21(20)27)18(26-28)16-9-8-14(22)12-17(16)23/h8-9,12,15H,4-7,10-11H2,1-3H3. The molecule has 0 spiro atoms. The Bertz CT molecular complexity index is 1010. The van der Waals surface area contributed by atoms with Gasteiger partial charge >= 0.3 is 0 Å². The average molecular weight is 418 g/mol. The lowest BCUT2D eigenvalue weighted by Crippen LogP contribution is -2.41. The van der Waals surface area contributed by atoms with Gasteiger partial charge < -0.3 is 4.90 Å². The van der Waals surface area contributed by atoms with Gasteiger partial charge in [-0.1, -0.05) is 49.9 Å². The Labute approximate surface area is 175 Å². The SMILES string of the molecule is CCCC(CCC)N1CCn2nc(-c3ccc(Cl)cc3Cl)c3nc(C)nc1c32. The third-order valence-electron chi connectivity index (χ3n) is 5.38. The van der Waals surface area contributed by atoms with Gasteiger partial charge in [0.05, 0.1) is 11.6 Å². The minimum atomic E-state index is 0.499. The van der Waals surface area contributed by atoms with Crippen molar-refractivity contribution in [1.82, 2.24) is 19.7 Å². The number of anilines is 1. The first kappa shape index (κ1) is 19.5. The fourth-order valence-electron chi connectivity index (χ4n) is 4.18. The summed E-state index contributed by atoms with van der Waals surface area (Å²) in [5.74, 6) is 1.76. The van der Waals surface area contributed by atoms with Crippen LogP contribution in [-0.4, -0.2) is 32.3 Å². The Balaban J connectivity index is 1.90. The Morgan fingerprint density at radius 1 is 1.07 bits per heavy atom. The molecule has 1 aliphatic heterocycles. The average Bonchev–Trinajstić information content (AvgIpc) is 3.01. The van der Waals surface area contributed by atoms with Crippen molar-refractivity contribution in [2.75, 3.05) is 11.4 Å². The van der Waals surface area contributed by atoms with Gasteiger partial charge in [0, 0.05) is 23.2 Å². The van der Waals surface area contributed by atoms with Crippen LogP contribution in [0.4, 0.5) is 5.82 Å². The number of benzene rings is 1. The molecule has 0 N–H and O–H groups in total. The third-order valence-corrected chi connectivity index (χ3v) is 5.92. The molecular formula is C21H25Cl2N5. The van der Waals surface area contributed by atoms with Crippen molar-refractivity contribution >= 4 is 40.1 Å². The first-order valence-electron chi connectivity index (χ1n) is 10.0. The van der Waals surface area contributed by atoms with Gasteiger partial charge in [-0.2, -0.15) is 5.10 Å². The molecule has 2 aromatic heterocycles.